The number of carbonyl (C=O) groups excluding carboxylic acids is 1. The SMILES string of the molecule is CCOC(=O)OCC.O=P(O)(O)O.[H-].[Li+]. The van der Waals surface area contributed by atoms with Gasteiger partial charge in [0.1, 0.15) is 0 Å². The molecule has 3 N–H and O–H groups in total. The predicted octanol–water partition coefficient (Wildman–Crippen LogP) is -2.63. The Hall–Kier alpha value is -0.0226. The van der Waals surface area contributed by atoms with E-state index in [1.54, 1.807) is 13.8 Å². The molecule has 0 aliphatic heterocycles. The smallest absolute Gasteiger partial charge is 1.00 e. The van der Waals surface area contributed by atoms with Crippen LogP contribution >= 0.6 is 7.82 Å². The molecule has 0 amide bonds. The Bertz CT molecular complexity index is 168. The van der Waals surface area contributed by atoms with E-state index in [4.69, 9.17) is 19.2 Å². The molecule has 0 heterocycles. The number of rotatable bonds is 2. The zero-order valence-electron chi connectivity index (χ0n) is 9.34. The van der Waals surface area contributed by atoms with Crippen LogP contribution in [0.1, 0.15) is 15.3 Å². The summed E-state index contributed by atoms with van der Waals surface area (Å²) in [5.41, 5.74) is 0. The zero-order valence-corrected chi connectivity index (χ0v) is 9.23. The first-order chi connectivity index (χ1) is 5.81. The van der Waals surface area contributed by atoms with Gasteiger partial charge in [0.2, 0.25) is 0 Å². The maximum absolute atomic E-state index is 10.2. The van der Waals surface area contributed by atoms with Gasteiger partial charge in [-0.15, -0.1) is 0 Å². The summed E-state index contributed by atoms with van der Waals surface area (Å²) in [7, 11) is -4.64. The summed E-state index contributed by atoms with van der Waals surface area (Å²) in [5, 5.41) is 0. The minimum atomic E-state index is -4.64. The van der Waals surface area contributed by atoms with Crippen LogP contribution in [0.15, 0.2) is 0 Å². The van der Waals surface area contributed by atoms with E-state index in [1.165, 1.54) is 0 Å². The van der Waals surface area contributed by atoms with Crippen LogP contribution in [0.2, 0.25) is 0 Å². The molecule has 0 saturated carbocycles. The van der Waals surface area contributed by atoms with Gasteiger partial charge in [0, 0.05) is 0 Å². The van der Waals surface area contributed by atoms with Gasteiger partial charge in [-0.1, -0.05) is 0 Å². The van der Waals surface area contributed by atoms with E-state index in [2.05, 4.69) is 9.47 Å². The minimum Gasteiger partial charge on any atom is -1.00 e. The molecule has 0 radical (unpaired) electrons. The zero-order chi connectivity index (χ0) is 10.9. The van der Waals surface area contributed by atoms with Gasteiger partial charge in [-0.05, 0) is 13.8 Å². The second kappa shape index (κ2) is 11.1. The van der Waals surface area contributed by atoms with E-state index in [0.717, 1.165) is 0 Å². The molecule has 9 heteroatoms. The van der Waals surface area contributed by atoms with Gasteiger partial charge in [0.25, 0.3) is 0 Å². The first-order valence-electron chi connectivity index (χ1n) is 3.39. The molecule has 0 spiro atoms. The van der Waals surface area contributed by atoms with Crippen molar-refractivity contribution < 1.29 is 53.8 Å². The summed E-state index contributed by atoms with van der Waals surface area (Å²) >= 11 is 0. The van der Waals surface area contributed by atoms with Gasteiger partial charge in [-0.25, -0.2) is 9.36 Å². The molecule has 82 valence electrons. The van der Waals surface area contributed by atoms with Gasteiger partial charge in [-0.3, -0.25) is 0 Å². The number of hydrogen-bond acceptors (Lipinski definition) is 4. The number of ether oxygens (including phenoxy) is 2. The normalized spacial score (nSPS) is 8.93. The second-order valence-corrected chi connectivity index (χ2v) is 2.66. The average Bonchev–Trinajstić information content (AvgIpc) is 1.84. The largest absolute Gasteiger partial charge is 1.00 e. The summed E-state index contributed by atoms with van der Waals surface area (Å²) in [6, 6.07) is 0. The van der Waals surface area contributed by atoms with Gasteiger partial charge in [-0.2, -0.15) is 0 Å². The fourth-order valence-electron chi connectivity index (χ4n) is 0.277. The first kappa shape index (κ1) is 19.5. The molecule has 0 aromatic carbocycles. The second-order valence-electron chi connectivity index (χ2n) is 1.63. The Kier molecular flexibility index (Phi) is 15.4. The first-order valence-corrected chi connectivity index (χ1v) is 4.95. The van der Waals surface area contributed by atoms with Gasteiger partial charge >= 0.3 is 32.8 Å². The van der Waals surface area contributed by atoms with Crippen LogP contribution in [-0.2, 0) is 14.0 Å². The Morgan fingerprint density at radius 3 is 1.57 bits per heavy atom. The molecule has 0 aromatic rings. The van der Waals surface area contributed by atoms with Crippen molar-refractivity contribution in [1.29, 1.82) is 0 Å². The van der Waals surface area contributed by atoms with Crippen LogP contribution in [-0.4, -0.2) is 34.0 Å². The van der Waals surface area contributed by atoms with E-state index in [9.17, 15) is 4.79 Å². The molecule has 0 rings (SSSR count). The molecule has 0 aliphatic rings. The summed E-state index contributed by atoms with van der Waals surface area (Å²) < 4.78 is 17.7. The Balaban J connectivity index is -0.0000000770. The number of carbonyl (C=O) groups is 1. The fourth-order valence-corrected chi connectivity index (χ4v) is 0.277. The quantitative estimate of drug-likeness (QED) is 0.267. The van der Waals surface area contributed by atoms with Crippen LogP contribution in [0.25, 0.3) is 0 Å². The van der Waals surface area contributed by atoms with Gasteiger partial charge in [0.05, 0.1) is 13.2 Å². The van der Waals surface area contributed by atoms with E-state index < -0.39 is 14.0 Å². The molecule has 0 aliphatic carbocycles. The van der Waals surface area contributed by atoms with E-state index >= 15 is 0 Å². The molecule has 0 unspecified atom stereocenters. The Morgan fingerprint density at radius 1 is 1.21 bits per heavy atom. The Morgan fingerprint density at radius 2 is 1.43 bits per heavy atom. The van der Waals surface area contributed by atoms with Crippen LogP contribution in [0.3, 0.4) is 0 Å². The van der Waals surface area contributed by atoms with Crippen molar-refractivity contribution >= 4 is 14.0 Å². The van der Waals surface area contributed by atoms with Gasteiger partial charge in [0.15, 0.2) is 0 Å². The van der Waals surface area contributed by atoms with Crippen LogP contribution in [0, 0.1) is 0 Å². The minimum absolute atomic E-state index is 0. The molecule has 0 fully saturated rings. The number of phosphoric acid groups is 1. The maximum atomic E-state index is 10.2. The summed E-state index contributed by atoms with van der Waals surface area (Å²) in [6.45, 7) is 4.21. The summed E-state index contributed by atoms with van der Waals surface area (Å²) in [4.78, 5) is 31.8. The molecule has 0 bridgehead atoms. The van der Waals surface area contributed by atoms with Crippen molar-refractivity contribution in [3.63, 3.8) is 0 Å². The van der Waals surface area contributed by atoms with Crippen molar-refractivity contribution in [2.45, 2.75) is 13.8 Å². The maximum Gasteiger partial charge on any atom is 1.00 e. The van der Waals surface area contributed by atoms with Crippen molar-refractivity contribution in [2.75, 3.05) is 13.2 Å². The van der Waals surface area contributed by atoms with Crippen LogP contribution in [0.5, 0.6) is 0 Å². The predicted molar refractivity (Wildman–Crippen MR) is 44.0 cm³/mol. The Labute approximate surface area is 95.3 Å². The molecule has 0 aromatic heterocycles. The van der Waals surface area contributed by atoms with E-state index in [1.807, 2.05) is 0 Å². The third kappa shape index (κ3) is 40.4. The molecule has 0 atom stereocenters. The van der Waals surface area contributed by atoms with Crippen LogP contribution in [0.4, 0.5) is 4.79 Å². The van der Waals surface area contributed by atoms with Crippen LogP contribution < -0.4 is 18.9 Å². The average molecular weight is 224 g/mol. The fraction of sp³-hybridized carbons (Fsp3) is 0.800. The van der Waals surface area contributed by atoms with Crippen molar-refractivity contribution in [1.82, 2.24) is 0 Å². The van der Waals surface area contributed by atoms with Gasteiger partial charge < -0.3 is 25.6 Å². The molecule has 0 saturated heterocycles. The van der Waals surface area contributed by atoms with Crippen molar-refractivity contribution in [3.8, 4) is 0 Å². The number of hydrogen-bond donors (Lipinski definition) is 3. The topological polar surface area (TPSA) is 113 Å². The molecule has 7 nitrogen and oxygen atoms in total. The monoisotopic (exact) mass is 224 g/mol. The molecular weight excluding hydrogens is 210 g/mol. The van der Waals surface area contributed by atoms with E-state index in [-0.39, 0.29) is 20.3 Å². The van der Waals surface area contributed by atoms with E-state index in [0.29, 0.717) is 13.2 Å². The third-order valence-electron chi connectivity index (χ3n) is 0.524. The molecular formula is C5H14LiO7P. The standard InChI is InChI=1S/C5H10O3.Li.H3O4P.H/c1-3-7-5(6)8-4-2;;1-5(2,3)4;/h3-4H2,1-2H3;;(H3,1,2,3,4);/q;+1;;-1. The third-order valence-corrected chi connectivity index (χ3v) is 0.524. The summed E-state index contributed by atoms with van der Waals surface area (Å²) in [5.74, 6) is 0. The molecule has 14 heavy (non-hydrogen) atoms. The van der Waals surface area contributed by atoms with Crippen molar-refractivity contribution in [2.24, 2.45) is 0 Å². The summed E-state index contributed by atoms with van der Waals surface area (Å²) in [6.07, 6.45) is -0.588. The van der Waals surface area contributed by atoms with Crippen molar-refractivity contribution in [3.05, 3.63) is 0 Å².